The maximum Gasteiger partial charge on any atom is 0.274 e. The Morgan fingerprint density at radius 3 is 2.84 bits per heavy atom. The Morgan fingerprint density at radius 2 is 2.32 bits per heavy atom. The number of alkyl halides is 1. The predicted molar refractivity (Wildman–Crippen MR) is 68.7 cm³/mol. The number of rotatable bonds is 2. The van der Waals surface area contributed by atoms with E-state index in [1.54, 1.807) is 6.07 Å². The first-order valence-electron chi connectivity index (χ1n) is 6.44. The van der Waals surface area contributed by atoms with E-state index in [2.05, 4.69) is 10.2 Å². The first kappa shape index (κ1) is 14.0. The minimum Gasteiger partial charge on any atom is -0.394 e. The summed E-state index contributed by atoms with van der Waals surface area (Å²) in [5, 5.41) is 16.0. The fraction of sp³-hybridized carbons (Fsp3) is 0.692. The number of likely N-dealkylation sites (tertiary alicyclic amines) is 1. The van der Waals surface area contributed by atoms with Crippen molar-refractivity contribution in [3.8, 4) is 0 Å². The molecule has 0 saturated carbocycles. The number of aliphatic hydroxyl groups is 1. The molecule has 2 rings (SSSR count). The molecule has 0 bridgehead atoms. The lowest BCUT2D eigenvalue weighted by atomic mass is 9.92. The normalized spacial score (nSPS) is 23.9. The molecule has 106 valence electrons. The van der Waals surface area contributed by atoms with Gasteiger partial charge in [0.1, 0.15) is 11.9 Å². The van der Waals surface area contributed by atoms with Crippen LogP contribution in [-0.2, 0) is 5.41 Å². The Hall–Kier alpha value is -1.43. The summed E-state index contributed by atoms with van der Waals surface area (Å²) in [6.07, 6.45) is -0.874. The molecule has 1 amide bonds. The van der Waals surface area contributed by atoms with Crippen molar-refractivity contribution >= 4 is 5.91 Å². The van der Waals surface area contributed by atoms with Crippen LogP contribution in [0.1, 0.15) is 43.4 Å². The minimum atomic E-state index is -1.07. The van der Waals surface area contributed by atoms with Gasteiger partial charge in [-0.2, -0.15) is 5.10 Å². The monoisotopic (exact) mass is 269 g/mol. The molecular weight excluding hydrogens is 249 g/mol. The Kier molecular flexibility index (Phi) is 3.62. The minimum absolute atomic E-state index is 0.0295. The van der Waals surface area contributed by atoms with Gasteiger partial charge in [0.25, 0.3) is 5.91 Å². The maximum absolute atomic E-state index is 13.3. The molecule has 0 spiro atoms. The van der Waals surface area contributed by atoms with E-state index in [1.807, 2.05) is 20.8 Å². The number of hydrogen-bond acceptors (Lipinski definition) is 3. The maximum atomic E-state index is 13.3. The largest absolute Gasteiger partial charge is 0.394 e. The van der Waals surface area contributed by atoms with Crippen LogP contribution in [0.25, 0.3) is 0 Å². The Bertz CT molecular complexity index is 467. The number of nitrogens with zero attached hydrogens (tertiary/aromatic N) is 2. The van der Waals surface area contributed by atoms with E-state index in [1.165, 1.54) is 4.90 Å². The van der Waals surface area contributed by atoms with Crippen LogP contribution < -0.4 is 0 Å². The van der Waals surface area contributed by atoms with Gasteiger partial charge in [0.05, 0.1) is 19.2 Å². The average Bonchev–Trinajstić information content (AvgIpc) is 2.93. The number of aliphatic hydroxyl groups excluding tert-OH is 1. The predicted octanol–water partition coefficient (Wildman–Crippen LogP) is 1.25. The smallest absolute Gasteiger partial charge is 0.274 e. The number of hydrogen-bond donors (Lipinski definition) is 2. The third-order valence-electron chi connectivity index (χ3n) is 3.44. The SMILES string of the molecule is CC(C)(C)c1cc(C(=O)N2C[C@@H](F)C[C@H]2CO)n[nH]1. The molecule has 1 saturated heterocycles. The lowest BCUT2D eigenvalue weighted by molar-refractivity contribution is 0.0667. The molecular formula is C13H20FN3O2. The number of H-pyrrole nitrogens is 1. The van der Waals surface area contributed by atoms with Crippen molar-refractivity contribution in [2.75, 3.05) is 13.2 Å². The zero-order valence-electron chi connectivity index (χ0n) is 11.5. The van der Waals surface area contributed by atoms with Crippen LogP contribution in [0.15, 0.2) is 6.07 Å². The second-order valence-corrected chi connectivity index (χ2v) is 6.04. The fourth-order valence-electron chi connectivity index (χ4n) is 2.24. The van der Waals surface area contributed by atoms with Gasteiger partial charge in [-0.15, -0.1) is 0 Å². The van der Waals surface area contributed by atoms with Gasteiger partial charge in [-0.1, -0.05) is 20.8 Å². The molecule has 1 aromatic rings. The van der Waals surface area contributed by atoms with Crippen LogP contribution in [0.4, 0.5) is 4.39 Å². The van der Waals surface area contributed by atoms with Gasteiger partial charge in [0, 0.05) is 17.5 Å². The summed E-state index contributed by atoms with van der Waals surface area (Å²) in [5.41, 5.74) is 1.00. The van der Waals surface area contributed by atoms with E-state index in [9.17, 15) is 14.3 Å². The van der Waals surface area contributed by atoms with Crippen molar-refractivity contribution in [1.82, 2.24) is 15.1 Å². The lowest BCUT2D eigenvalue weighted by Gasteiger charge is -2.21. The van der Waals surface area contributed by atoms with Crippen LogP contribution >= 0.6 is 0 Å². The van der Waals surface area contributed by atoms with Gasteiger partial charge in [-0.3, -0.25) is 9.89 Å². The molecule has 1 aromatic heterocycles. The molecule has 0 aliphatic carbocycles. The zero-order valence-corrected chi connectivity index (χ0v) is 11.5. The van der Waals surface area contributed by atoms with Gasteiger partial charge in [0.2, 0.25) is 0 Å². The molecule has 2 atom stereocenters. The molecule has 6 heteroatoms. The van der Waals surface area contributed by atoms with Crippen LogP contribution in [0, 0.1) is 0 Å². The van der Waals surface area contributed by atoms with E-state index in [-0.39, 0.29) is 36.6 Å². The molecule has 0 aromatic carbocycles. The Labute approximate surface area is 111 Å². The highest BCUT2D eigenvalue weighted by molar-refractivity contribution is 5.93. The van der Waals surface area contributed by atoms with Crippen LogP contribution in [0.3, 0.4) is 0 Å². The molecule has 2 N–H and O–H groups in total. The van der Waals surface area contributed by atoms with Crippen LogP contribution in [0.2, 0.25) is 0 Å². The second kappa shape index (κ2) is 4.92. The van der Waals surface area contributed by atoms with Crippen molar-refractivity contribution in [3.63, 3.8) is 0 Å². The standard InChI is InChI=1S/C13H20FN3O2/c1-13(2,3)11-5-10(15-16-11)12(19)17-6-8(14)4-9(17)7-18/h5,8-9,18H,4,6-7H2,1-3H3,(H,15,16)/t8-,9-/m0/s1. The molecule has 0 radical (unpaired) electrons. The molecule has 2 heterocycles. The van der Waals surface area contributed by atoms with E-state index in [0.29, 0.717) is 0 Å². The number of amides is 1. The topological polar surface area (TPSA) is 69.2 Å². The highest BCUT2D eigenvalue weighted by Gasteiger charge is 2.36. The number of aromatic amines is 1. The fourth-order valence-corrected chi connectivity index (χ4v) is 2.24. The Morgan fingerprint density at radius 1 is 1.63 bits per heavy atom. The van der Waals surface area contributed by atoms with Crippen LogP contribution in [-0.4, -0.2) is 51.5 Å². The van der Waals surface area contributed by atoms with Gasteiger partial charge in [-0.05, 0) is 6.07 Å². The molecule has 0 unspecified atom stereocenters. The molecule has 5 nitrogen and oxygen atoms in total. The Balaban J connectivity index is 2.18. The van der Waals surface area contributed by atoms with Gasteiger partial charge in [0.15, 0.2) is 0 Å². The molecule has 1 fully saturated rings. The van der Waals surface area contributed by atoms with Crippen molar-refractivity contribution in [1.29, 1.82) is 0 Å². The molecule has 1 aliphatic heterocycles. The highest BCUT2D eigenvalue weighted by Crippen LogP contribution is 2.24. The summed E-state index contributed by atoms with van der Waals surface area (Å²) in [7, 11) is 0. The number of carbonyl (C=O) groups excluding carboxylic acids is 1. The summed E-state index contributed by atoms with van der Waals surface area (Å²) < 4.78 is 13.3. The van der Waals surface area contributed by atoms with Crippen molar-refractivity contribution in [3.05, 3.63) is 17.5 Å². The van der Waals surface area contributed by atoms with E-state index in [0.717, 1.165) is 5.69 Å². The number of nitrogens with one attached hydrogen (secondary N) is 1. The lowest BCUT2D eigenvalue weighted by Crippen LogP contribution is -2.38. The number of aromatic nitrogens is 2. The third-order valence-corrected chi connectivity index (χ3v) is 3.44. The van der Waals surface area contributed by atoms with Gasteiger partial charge < -0.3 is 10.0 Å². The second-order valence-electron chi connectivity index (χ2n) is 6.04. The van der Waals surface area contributed by atoms with Crippen molar-refractivity contribution in [2.24, 2.45) is 0 Å². The van der Waals surface area contributed by atoms with E-state index >= 15 is 0 Å². The third kappa shape index (κ3) is 2.78. The first-order chi connectivity index (χ1) is 8.82. The summed E-state index contributed by atoms with van der Waals surface area (Å²) in [6, 6.07) is 1.25. The average molecular weight is 269 g/mol. The van der Waals surface area contributed by atoms with Gasteiger partial charge >= 0.3 is 0 Å². The molecule has 1 aliphatic rings. The highest BCUT2D eigenvalue weighted by atomic mass is 19.1. The summed E-state index contributed by atoms with van der Waals surface area (Å²) in [4.78, 5) is 13.6. The van der Waals surface area contributed by atoms with E-state index in [4.69, 9.17) is 0 Å². The zero-order chi connectivity index (χ0) is 14.2. The quantitative estimate of drug-likeness (QED) is 0.849. The van der Waals surface area contributed by atoms with Crippen molar-refractivity contribution < 1.29 is 14.3 Å². The number of carbonyl (C=O) groups is 1. The summed E-state index contributed by atoms with van der Waals surface area (Å²) in [6.45, 7) is 5.85. The molecule has 19 heavy (non-hydrogen) atoms. The summed E-state index contributed by atoms with van der Waals surface area (Å²) in [5.74, 6) is -0.328. The van der Waals surface area contributed by atoms with E-state index < -0.39 is 12.2 Å². The van der Waals surface area contributed by atoms with Gasteiger partial charge in [-0.25, -0.2) is 4.39 Å². The number of halogens is 1. The van der Waals surface area contributed by atoms with Crippen molar-refractivity contribution in [2.45, 2.75) is 44.8 Å². The van der Waals surface area contributed by atoms with Crippen LogP contribution in [0.5, 0.6) is 0 Å². The summed E-state index contributed by atoms with van der Waals surface area (Å²) >= 11 is 0. The first-order valence-corrected chi connectivity index (χ1v) is 6.44.